The van der Waals surface area contributed by atoms with E-state index in [1.165, 1.54) is 24.3 Å². The lowest BCUT2D eigenvalue weighted by Gasteiger charge is -2.40. The third kappa shape index (κ3) is 4.64. The highest BCUT2D eigenvalue weighted by Gasteiger charge is 2.55. The standard InChI is InChI=1S/C21H24N2O7S/c1-14-3-2-4-15(11-14)12-30-16-5-7-17(8-6-16)31(28,29)18-9-10-23(20(22)26)13-21(18,27)19(24)25/h2-8,11,18,27H,9-10,12-13H2,1H3,(H2,22,26)(H,24,25). The molecule has 10 heteroatoms. The van der Waals surface area contributed by atoms with Crippen LogP contribution in [-0.2, 0) is 21.2 Å². The van der Waals surface area contributed by atoms with Crippen LogP contribution in [0.4, 0.5) is 4.79 Å². The number of likely N-dealkylation sites (tertiary alicyclic amines) is 1. The van der Waals surface area contributed by atoms with Gasteiger partial charge in [-0.3, -0.25) is 0 Å². The Balaban J connectivity index is 1.79. The molecule has 2 aromatic carbocycles. The van der Waals surface area contributed by atoms with Gasteiger partial charge in [-0.2, -0.15) is 0 Å². The van der Waals surface area contributed by atoms with E-state index < -0.39 is 39.2 Å². The number of amides is 2. The second-order valence-electron chi connectivity index (χ2n) is 7.56. The first kappa shape index (κ1) is 22.6. The minimum absolute atomic E-state index is 0.0769. The number of hydrogen-bond acceptors (Lipinski definition) is 6. The van der Waals surface area contributed by atoms with Crippen LogP contribution in [-0.4, -0.2) is 59.5 Å². The van der Waals surface area contributed by atoms with Crippen LogP contribution < -0.4 is 10.5 Å². The molecule has 4 N–H and O–H groups in total. The number of sulfone groups is 1. The van der Waals surface area contributed by atoms with Crippen molar-refractivity contribution in [2.45, 2.75) is 35.7 Å². The Morgan fingerprint density at radius 3 is 2.48 bits per heavy atom. The third-order valence-corrected chi connectivity index (χ3v) is 7.63. The molecule has 2 aromatic rings. The average Bonchev–Trinajstić information content (AvgIpc) is 2.72. The molecule has 1 aliphatic heterocycles. The number of carboxylic acids is 1. The minimum Gasteiger partial charge on any atom is -0.489 e. The van der Waals surface area contributed by atoms with E-state index in [1.54, 1.807) is 0 Å². The molecule has 1 saturated heterocycles. The van der Waals surface area contributed by atoms with Gasteiger partial charge in [-0.1, -0.05) is 29.8 Å². The number of carbonyl (C=O) groups excluding carboxylic acids is 1. The zero-order valence-electron chi connectivity index (χ0n) is 16.9. The number of nitrogens with two attached hydrogens (primary N) is 1. The zero-order chi connectivity index (χ0) is 22.8. The lowest BCUT2D eigenvalue weighted by molar-refractivity contribution is -0.162. The molecule has 0 bridgehead atoms. The van der Waals surface area contributed by atoms with E-state index in [-0.39, 0.29) is 17.9 Å². The second-order valence-corrected chi connectivity index (χ2v) is 9.69. The number of ether oxygens (including phenoxy) is 1. The first-order valence-corrected chi connectivity index (χ1v) is 11.1. The van der Waals surface area contributed by atoms with Gasteiger partial charge >= 0.3 is 12.0 Å². The maximum absolute atomic E-state index is 13.1. The fourth-order valence-corrected chi connectivity index (χ4v) is 5.60. The SMILES string of the molecule is Cc1cccc(COc2ccc(S(=O)(=O)C3CCN(C(N)=O)CC3(O)C(=O)O)cc2)c1. The molecule has 0 aliphatic carbocycles. The molecule has 2 unspecified atom stereocenters. The second kappa shape index (κ2) is 8.56. The first-order chi connectivity index (χ1) is 14.5. The van der Waals surface area contributed by atoms with E-state index in [0.29, 0.717) is 12.4 Å². The van der Waals surface area contributed by atoms with Gasteiger partial charge < -0.3 is 25.6 Å². The van der Waals surface area contributed by atoms with Gasteiger partial charge in [0, 0.05) is 6.54 Å². The summed E-state index contributed by atoms with van der Waals surface area (Å²) < 4.78 is 31.9. The minimum atomic E-state index is -4.22. The quantitative estimate of drug-likeness (QED) is 0.604. The summed E-state index contributed by atoms with van der Waals surface area (Å²) in [6, 6.07) is 12.4. The number of nitrogens with zero attached hydrogens (tertiary/aromatic N) is 1. The smallest absolute Gasteiger partial charge is 0.338 e. The molecule has 0 radical (unpaired) electrons. The van der Waals surface area contributed by atoms with Crippen LogP contribution in [0.15, 0.2) is 53.4 Å². The van der Waals surface area contributed by atoms with Crippen molar-refractivity contribution >= 4 is 21.8 Å². The Morgan fingerprint density at radius 2 is 1.90 bits per heavy atom. The van der Waals surface area contributed by atoms with Gasteiger partial charge in [0.15, 0.2) is 15.4 Å². The highest BCUT2D eigenvalue weighted by atomic mass is 32.2. The predicted molar refractivity (Wildman–Crippen MR) is 111 cm³/mol. The molecule has 9 nitrogen and oxygen atoms in total. The Bertz CT molecular complexity index is 1090. The molecule has 31 heavy (non-hydrogen) atoms. The lowest BCUT2D eigenvalue weighted by Crippen LogP contribution is -2.65. The van der Waals surface area contributed by atoms with Gasteiger partial charge in [-0.05, 0) is 43.2 Å². The highest BCUT2D eigenvalue weighted by molar-refractivity contribution is 7.92. The number of piperidine rings is 1. The summed E-state index contributed by atoms with van der Waals surface area (Å²) in [4.78, 5) is 23.9. The summed E-state index contributed by atoms with van der Waals surface area (Å²) in [6.45, 7) is 1.49. The molecular formula is C21H24N2O7S. The van der Waals surface area contributed by atoms with Crippen LogP contribution in [0.5, 0.6) is 5.75 Å². The average molecular weight is 448 g/mol. The number of carboxylic acid groups (broad SMARTS) is 1. The number of β-amino-alcohol motifs (C(OH)–C–C–N with tert-alkyl or cyclic N) is 1. The molecule has 2 atom stereocenters. The maximum atomic E-state index is 13.1. The predicted octanol–water partition coefficient (Wildman–Crippen LogP) is 1.32. The normalized spacial score (nSPS) is 21.5. The molecule has 2 amide bonds. The summed E-state index contributed by atoms with van der Waals surface area (Å²) in [7, 11) is -4.22. The molecule has 1 heterocycles. The van der Waals surface area contributed by atoms with Crippen molar-refractivity contribution in [1.82, 2.24) is 4.90 Å². The summed E-state index contributed by atoms with van der Waals surface area (Å²) in [5.74, 6) is -1.29. The van der Waals surface area contributed by atoms with Crippen molar-refractivity contribution in [2.75, 3.05) is 13.1 Å². The van der Waals surface area contributed by atoms with Crippen LogP contribution in [0, 0.1) is 6.92 Å². The fraction of sp³-hybridized carbons (Fsp3) is 0.333. The van der Waals surface area contributed by atoms with Gasteiger partial charge in [-0.25, -0.2) is 18.0 Å². The van der Waals surface area contributed by atoms with Gasteiger partial charge in [0.1, 0.15) is 17.6 Å². The van der Waals surface area contributed by atoms with E-state index in [0.717, 1.165) is 16.0 Å². The number of urea groups is 1. The molecule has 166 valence electrons. The lowest BCUT2D eigenvalue weighted by atomic mass is 9.92. The van der Waals surface area contributed by atoms with E-state index in [9.17, 15) is 28.2 Å². The molecule has 0 spiro atoms. The Kier molecular flexibility index (Phi) is 6.23. The third-order valence-electron chi connectivity index (χ3n) is 5.32. The van der Waals surface area contributed by atoms with E-state index in [4.69, 9.17) is 10.5 Å². The number of aryl methyl sites for hydroxylation is 1. The van der Waals surface area contributed by atoms with Crippen LogP contribution in [0.25, 0.3) is 0 Å². The topological polar surface area (TPSA) is 147 Å². The number of benzene rings is 2. The van der Waals surface area contributed by atoms with Crippen LogP contribution in [0.2, 0.25) is 0 Å². The monoisotopic (exact) mass is 448 g/mol. The molecule has 1 aliphatic rings. The van der Waals surface area contributed by atoms with Crippen molar-refractivity contribution in [1.29, 1.82) is 0 Å². The van der Waals surface area contributed by atoms with Gasteiger partial charge in [0.05, 0.1) is 11.4 Å². The van der Waals surface area contributed by atoms with Crippen LogP contribution in [0.1, 0.15) is 17.5 Å². The number of primary amides is 1. The molecule has 0 saturated carbocycles. The molecule has 1 fully saturated rings. The van der Waals surface area contributed by atoms with Gasteiger partial charge in [-0.15, -0.1) is 0 Å². The van der Waals surface area contributed by atoms with Crippen molar-refractivity contribution in [2.24, 2.45) is 5.73 Å². The molecular weight excluding hydrogens is 424 g/mol. The van der Waals surface area contributed by atoms with Gasteiger partial charge in [0.25, 0.3) is 0 Å². The largest absolute Gasteiger partial charge is 0.489 e. The Hall–Kier alpha value is -3.11. The number of carbonyl (C=O) groups is 2. The van der Waals surface area contributed by atoms with Crippen LogP contribution in [0.3, 0.4) is 0 Å². The van der Waals surface area contributed by atoms with Gasteiger partial charge in [0.2, 0.25) is 0 Å². The highest BCUT2D eigenvalue weighted by Crippen LogP contribution is 2.33. The molecule has 3 rings (SSSR count). The Morgan fingerprint density at radius 1 is 1.23 bits per heavy atom. The van der Waals surface area contributed by atoms with Crippen LogP contribution >= 0.6 is 0 Å². The van der Waals surface area contributed by atoms with E-state index in [2.05, 4.69) is 0 Å². The van der Waals surface area contributed by atoms with E-state index in [1.807, 2.05) is 31.2 Å². The summed E-state index contributed by atoms with van der Waals surface area (Å²) in [5, 5.41) is 18.5. The zero-order valence-corrected chi connectivity index (χ0v) is 17.7. The number of rotatable bonds is 6. The van der Waals surface area contributed by atoms with Crippen molar-refractivity contribution in [3.8, 4) is 5.75 Å². The Labute approximate surface area is 180 Å². The van der Waals surface area contributed by atoms with E-state index >= 15 is 0 Å². The van der Waals surface area contributed by atoms with Crippen molar-refractivity contribution in [3.05, 3.63) is 59.7 Å². The maximum Gasteiger partial charge on any atom is 0.338 e. The number of hydrogen-bond donors (Lipinski definition) is 3. The number of aliphatic hydroxyl groups is 1. The summed E-state index contributed by atoms with van der Waals surface area (Å²) in [5.41, 5.74) is 4.55. The fourth-order valence-electron chi connectivity index (χ4n) is 3.65. The summed E-state index contributed by atoms with van der Waals surface area (Å²) >= 11 is 0. The van der Waals surface area contributed by atoms with Crippen molar-refractivity contribution < 1.29 is 33.0 Å². The summed E-state index contributed by atoms with van der Waals surface area (Å²) in [6.07, 6.45) is -0.264. The molecule has 0 aromatic heterocycles. The number of aliphatic carboxylic acids is 1. The first-order valence-electron chi connectivity index (χ1n) is 9.56. The van der Waals surface area contributed by atoms with Crippen molar-refractivity contribution in [3.63, 3.8) is 0 Å².